The zero-order valence-corrected chi connectivity index (χ0v) is 18.6. The number of amides is 3. The fraction of sp³-hybridized carbons (Fsp3) is 0.650. The van der Waals surface area contributed by atoms with Crippen molar-refractivity contribution in [2.24, 2.45) is 17.4 Å². The van der Waals surface area contributed by atoms with E-state index in [1.807, 2.05) is 13.8 Å². The number of nitrogens with zero attached hydrogens (tertiary/aromatic N) is 1. The minimum atomic E-state index is -1.21. The number of carbonyl (C=O) groups excluding carboxylic acids is 3. The minimum Gasteiger partial charge on any atom is -0.480 e. The Morgan fingerprint density at radius 2 is 1.69 bits per heavy atom. The van der Waals surface area contributed by atoms with Crippen molar-refractivity contribution in [3.05, 3.63) is 18.2 Å². The first-order chi connectivity index (χ1) is 15.2. The van der Waals surface area contributed by atoms with Gasteiger partial charge in [-0.2, -0.15) is 0 Å². The number of rotatable bonds is 15. The normalized spacial score (nSPS) is 13.8. The summed E-state index contributed by atoms with van der Waals surface area (Å²) in [4.78, 5) is 55.7. The molecule has 1 aromatic rings. The quantitative estimate of drug-likeness (QED) is 0.157. The van der Waals surface area contributed by atoms with Crippen LogP contribution >= 0.6 is 0 Å². The molecule has 3 unspecified atom stereocenters. The average molecular weight is 454 g/mol. The van der Waals surface area contributed by atoms with Gasteiger partial charge in [0, 0.05) is 18.3 Å². The van der Waals surface area contributed by atoms with Crippen molar-refractivity contribution in [1.29, 1.82) is 0 Å². The number of carboxylic acid groups (broad SMARTS) is 1. The van der Waals surface area contributed by atoms with Crippen molar-refractivity contribution >= 4 is 23.7 Å². The molecule has 0 radical (unpaired) electrons. The van der Waals surface area contributed by atoms with Crippen LogP contribution in [0.1, 0.15) is 45.2 Å². The van der Waals surface area contributed by atoms with E-state index in [4.69, 9.17) is 11.5 Å². The lowest BCUT2D eigenvalue weighted by molar-refractivity contribution is -0.142. The van der Waals surface area contributed by atoms with Gasteiger partial charge in [0.05, 0.1) is 12.9 Å². The van der Waals surface area contributed by atoms with E-state index in [1.54, 1.807) is 0 Å². The molecule has 3 atom stereocenters. The Morgan fingerprint density at radius 1 is 1.03 bits per heavy atom. The fourth-order valence-electron chi connectivity index (χ4n) is 3.08. The number of nitrogens with two attached hydrogens (primary N) is 2. The largest absolute Gasteiger partial charge is 0.480 e. The van der Waals surface area contributed by atoms with E-state index in [0.717, 1.165) is 0 Å². The molecule has 1 rings (SSSR count). The molecule has 1 heterocycles. The summed E-state index contributed by atoms with van der Waals surface area (Å²) in [7, 11) is 0. The highest BCUT2D eigenvalue weighted by Gasteiger charge is 2.30. The monoisotopic (exact) mass is 453 g/mol. The van der Waals surface area contributed by atoms with Crippen LogP contribution in [0.25, 0.3) is 0 Å². The number of imidazole rings is 1. The molecule has 12 heteroatoms. The summed E-state index contributed by atoms with van der Waals surface area (Å²) in [5.74, 6) is -2.82. The number of unbranched alkanes of at least 4 members (excludes halogenated alkanes) is 1. The Kier molecular flexibility index (Phi) is 12.0. The van der Waals surface area contributed by atoms with Gasteiger partial charge in [0.2, 0.25) is 17.7 Å². The van der Waals surface area contributed by atoms with Crippen LogP contribution < -0.4 is 27.4 Å². The van der Waals surface area contributed by atoms with E-state index in [9.17, 15) is 24.3 Å². The molecular weight excluding hydrogens is 418 g/mol. The molecule has 180 valence electrons. The van der Waals surface area contributed by atoms with Crippen LogP contribution in [0.4, 0.5) is 0 Å². The fourth-order valence-corrected chi connectivity index (χ4v) is 3.08. The molecule has 12 nitrogen and oxygen atoms in total. The van der Waals surface area contributed by atoms with E-state index >= 15 is 0 Å². The second-order valence-electron chi connectivity index (χ2n) is 7.98. The highest BCUT2D eigenvalue weighted by Crippen LogP contribution is 2.09. The third-order valence-corrected chi connectivity index (χ3v) is 4.72. The lowest BCUT2D eigenvalue weighted by Gasteiger charge is -2.25. The smallest absolute Gasteiger partial charge is 0.326 e. The zero-order valence-electron chi connectivity index (χ0n) is 18.6. The number of aromatic nitrogens is 2. The second kappa shape index (κ2) is 14.1. The summed E-state index contributed by atoms with van der Waals surface area (Å²) in [5.41, 5.74) is 11.4. The van der Waals surface area contributed by atoms with Crippen LogP contribution in [0.15, 0.2) is 12.5 Å². The molecular formula is C20H35N7O5. The first-order valence-electron chi connectivity index (χ1n) is 10.7. The highest BCUT2D eigenvalue weighted by atomic mass is 16.4. The topological polar surface area (TPSA) is 205 Å². The van der Waals surface area contributed by atoms with E-state index < -0.39 is 41.8 Å². The van der Waals surface area contributed by atoms with E-state index in [0.29, 0.717) is 31.5 Å². The summed E-state index contributed by atoms with van der Waals surface area (Å²) < 4.78 is 0. The van der Waals surface area contributed by atoms with Crippen molar-refractivity contribution < 1.29 is 24.3 Å². The van der Waals surface area contributed by atoms with Gasteiger partial charge >= 0.3 is 5.97 Å². The van der Waals surface area contributed by atoms with Crippen molar-refractivity contribution in [2.45, 2.75) is 64.1 Å². The maximum Gasteiger partial charge on any atom is 0.326 e. The standard InChI is InChI=1S/C20H35N7O5/c1-12(2)7-15(19(30)27-16(20(31)32)8-13-10-23-11-24-13)26-18(29)14(5-3-4-6-21)25-17(28)9-22/h10-12,14-16H,3-9,21-22H2,1-2H3,(H,23,24)(H,25,28)(H,26,29)(H,27,30)(H,31,32). The van der Waals surface area contributed by atoms with Crippen molar-refractivity contribution in [2.75, 3.05) is 13.1 Å². The van der Waals surface area contributed by atoms with E-state index in [1.165, 1.54) is 12.5 Å². The Morgan fingerprint density at radius 3 is 2.22 bits per heavy atom. The van der Waals surface area contributed by atoms with Gasteiger partial charge in [0.25, 0.3) is 0 Å². The maximum atomic E-state index is 12.9. The van der Waals surface area contributed by atoms with Gasteiger partial charge < -0.3 is 37.5 Å². The summed E-state index contributed by atoms with van der Waals surface area (Å²) in [6.07, 6.45) is 4.80. The van der Waals surface area contributed by atoms with Gasteiger partial charge in [-0.1, -0.05) is 13.8 Å². The molecule has 9 N–H and O–H groups in total. The van der Waals surface area contributed by atoms with Crippen LogP contribution in [0, 0.1) is 5.92 Å². The molecule has 3 amide bonds. The lowest BCUT2D eigenvalue weighted by Crippen LogP contribution is -2.56. The molecule has 0 spiro atoms. The minimum absolute atomic E-state index is 0.0116. The Labute approximate surface area is 187 Å². The lowest BCUT2D eigenvalue weighted by atomic mass is 10.0. The second-order valence-corrected chi connectivity index (χ2v) is 7.98. The van der Waals surface area contributed by atoms with E-state index in [2.05, 4.69) is 25.9 Å². The van der Waals surface area contributed by atoms with Crippen LogP contribution in [-0.4, -0.2) is 70.0 Å². The third-order valence-electron chi connectivity index (χ3n) is 4.72. The van der Waals surface area contributed by atoms with Crippen molar-refractivity contribution in [3.8, 4) is 0 Å². The molecule has 0 saturated carbocycles. The number of nitrogens with one attached hydrogen (secondary N) is 4. The molecule has 0 bridgehead atoms. The SMILES string of the molecule is CC(C)CC(NC(=O)C(CCCCN)NC(=O)CN)C(=O)NC(Cc1cnc[nH]1)C(=O)O. The van der Waals surface area contributed by atoms with Crippen molar-refractivity contribution in [3.63, 3.8) is 0 Å². The third kappa shape index (κ3) is 9.88. The molecule has 1 aromatic heterocycles. The number of hydrogen-bond donors (Lipinski definition) is 7. The number of aromatic amines is 1. The number of aliphatic carboxylic acids is 1. The zero-order chi connectivity index (χ0) is 24.1. The summed E-state index contributed by atoms with van der Waals surface area (Å²) in [6, 6.07) is -3.05. The van der Waals surface area contributed by atoms with Crippen LogP contribution in [0.5, 0.6) is 0 Å². The molecule has 0 aromatic carbocycles. The molecule has 32 heavy (non-hydrogen) atoms. The number of carboxylic acids is 1. The molecule has 0 saturated heterocycles. The van der Waals surface area contributed by atoms with E-state index in [-0.39, 0.29) is 25.3 Å². The van der Waals surface area contributed by atoms with Crippen LogP contribution in [0.3, 0.4) is 0 Å². The van der Waals surface area contributed by atoms with Gasteiger partial charge in [0.1, 0.15) is 18.1 Å². The van der Waals surface area contributed by atoms with Gasteiger partial charge in [-0.05, 0) is 38.1 Å². The molecule has 0 aliphatic carbocycles. The van der Waals surface area contributed by atoms with Gasteiger partial charge in [-0.3, -0.25) is 14.4 Å². The maximum absolute atomic E-state index is 12.9. The summed E-state index contributed by atoms with van der Waals surface area (Å²) in [6.45, 7) is 3.93. The first kappa shape index (κ1) is 27.0. The number of H-pyrrole nitrogens is 1. The molecule has 0 fully saturated rings. The number of hydrogen-bond acceptors (Lipinski definition) is 7. The Balaban J connectivity index is 2.90. The Hall–Kier alpha value is -2.99. The molecule has 0 aliphatic rings. The van der Waals surface area contributed by atoms with Gasteiger partial charge in [-0.25, -0.2) is 9.78 Å². The van der Waals surface area contributed by atoms with Crippen LogP contribution in [-0.2, 0) is 25.6 Å². The van der Waals surface area contributed by atoms with Gasteiger partial charge in [-0.15, -0.1) is 0 Å². The highest BCUT2D eigenvalue weighted by molar-refractivity contribution is 5.93. The van der Waals surface area contributed by atoms with Crippen molar-refractivity contribution in [1.82, 2.24) is 25.9 Å². The number of carbonyl (C=O) groups is 4. The first-order valence-corrected chi connectivity index (χ1v) is 10.7. The average Bonchev–Trinajstić information content (AvgIpc) is 3.24. The van der Waals surface area contributed by atoms with Gasteiger partial charge in [0.15, 0.2) is 0 Å². The molecule has 0 aliphatic heterocycles. The van der Waals surface area contributed by atoms with Crippen LogP contribution in [0.2, 0.25) is 0 Å². The predicted octanol–water partition coefficient (Wildman–Crippen LogP) is -1.37. The summed E-state index contributed by atoms with van der Waals surface area (Å²) >= 11 is 0. The summed E-state index contributed by atoms with van der Waals surface area (Å²) in [5, 5.41) is 17.2. The Bertz CT molecular complexity index is 739. The predicted molar refractivity (Wildman–Crippen MR) is 117 cm³/mol.